The van der Waals surface area contributed by atoms with Crippen molar-refractivity contribution in [3.8, 4) is 0 Å². The molecule has 0 saturated carbocycles. The van der Waals surface area contributed by atoms with Crippen molar-refractivity contribution >= 4 is 18.3 Å². The van der Waals surface area contributed by atoms with E-state index in [1.165, 1.54) is 12.8 Å². The van der Waals surface area contributed by atoms with E-state index in [0.717, 1.165) is 50.3 Å². The van der Waals surface area contributed by atoms with Gasteiger partial charge in [-0.1, -0.05) is 0 Å². The van der Waals surface area contributed by atoms with Crippen molar-refractivity contribution in [2.45, 2.75) is 32.6 Å². The molecule has 0 unspecified atom stereocenters. The number of piperidine rings is 2. The first kappa shape index (κ1) is 16.3. The van der Waals surface area contributed by atoms with Crippen LogP contribution in [0.2, 0.25) is 0 Å². The monoisotopic (exact) mass is 312 g/mol. The SMILES string of the molecule is Cc1nn(C)cc1C(=O)N1CCC2(CCNCC2)CC1.Cl. The maximum atomic E-state index is 12.6. The second-order valence-corrected chi connectivity index (χ2v) is 6.34. The molecule has 3 rings (SSSR count). The van der Waals surface area contributed by atoms with Crippen LogP contribution in [0.3, 0.4) is 0 Å². The Morgan fingerprint density at radius 1 is 1.24 bits per heavy atom. The van der Waals surface area contributed by atoms with E-state index in [9.17, 15) is 4.79 Å². The number of likely N-dealkylation sites (tertiary alicyclic amines) is 1. The first-order chi connectivity index (χ1) is 9.60. The number of hydrogen-bond acceptors (Lipinski definition) is 3. The molecule has 5 nitrogen and oxygen atoms in total. The van der Waals surface area contributed by atoms with Crippen LogP contribution in [0, 0.1) is 12.3 Å². The van der Waals surface area contributed by atoms with Gasteiger partial charge in [-0.2, -0.15) is 5.10 Å². The summed E-state index contributed by atoms with van der Waals surface area (Å²) in [5.41, 5.74) is 2.08. The number of aryl methyl sites for hydroxylation is 2. The minimum atomic E-state index is 0. The summed E-state index contributed by atoms with van der Waals surface area (Å²) in [4.78, 5) is 14.6. The largest absolute Gasteiger partial charge is 0.339 e. The summed E-state index contributed by atoms with van der Waals surface area (Å²) in [5, 5.41) is 7.71. The average Bonchev–Trinajstić information content (AvgIpc) is 2.79. The minimum absolute atomic E-state index is 0. The lowest BCUT2D eigenvalue weighted by Crippen LogP contribution is -2.47. The number of aromatic nitrogens is 2. The Kier molecular flexibility index (Phi) is 4.94. The third kappa shape index (κ3) is 3.24. The number of rotatable bonds is 1. The Balaban J connectivity index is 0.00000161. The van der Waals surface area contributed by atoms with Gasteiger partial charge in [-0.15, -0.1) is 12.4 Å². The van der Waals surface area contributed by atoms with Gasteiger partial charge in [0.2, 0.25) is 0 Å². The van der Waals surface area contributed by atoms with E-state index >= 15 is 0 Å². The fourth-order valence-electron chi connectivity index (χ4n) is 3.62. The van der Waals surface area contributed by atoms with E-state index in [0.29, 0.717) is 5.41 Å². The smallest absolute Gasteiger partial charge is 0.257 e. The lowest BCUT2D eigenvalue weighted by molar-refractivity contribution is 0.0495. The van der Waals surface area contributed by atoms with Gasteiger partial charge in [-0.3, -0.25) is 9.48 Å². The number of halogens is 1. The summed E-state index contributed by atoms with van der Waals surface area (Å²) in [6.45, 7) is 5.97. The number of amides is 1. The quantitative estimate of drug-likeness (QED) is 0.859. The molecule has 1 N–H and O–H groups in total. The molecule has 2 aliphatic rings. The number of hydrogen-bond donors (Lipinski definition) is 1. The molecular formula is C15H25ClN4O. The average molecular weight is 313 g/mol. The number of carbonyl (C=O) groups is 1. The maximum Gasteiger partial charge on any atom is 0.257 e. The van der Waals surface area contributed by atoms with Gasteiger partial charge in [0.15, 0.2) is 0 Å². The van der Waals surface area contributed by atoms with Crippen LogP contribution < -0.4 is 5.32 Å². The van der Waals surface area contributed by atoms with Crippen molar-refractivity contribution in [1.82, 2.24) is 20.0 Å². The predicted molar refractivity (Wildman–Crippen MR) is 84.9 cm³/mol. The van der Waals surface area contributed by atoms with Gasteiger partial charge in [0.25, 0.3) is 5.91 Å². The van der Waals surface area contributed by atoms with E-state index in [4.69, 9.17) is 0 Å². The zero-order valence-corrected chi connectivity index (χ0v) is 13.7. The summed E-state index contributed by atoms with van der Waals surface area (Å²) in [6.07, 6.45) is 6.67. The van der Waals surface area contributed by atoms with Crippen LogP contribution in [-0.4, -0.2) is 46.8 Å². The lowest BCUT2D eigenvalue weighted by atomic mass is 9.71. The van der Waals surface area contributed by atoms with Crippen molar-refractivity contribution in [2.75, 3.05) is 26.2 Å². The van der Waals surface area contributed by atoms with E-state index < -0.39 is 0 Å². The zero-order valence-electron chi connectivity index (χ0n) is 12.9. The van der Waals surface area contributed by atoms with Crippen LogP contribution in [0.1, 0.15) is 41.7 Å². The van der Waals surface area contributed by atoms with Crippen molar-refractivity contribution in [3.63, 3.8) is 0 Å². The molecule has 1 aromatic rings. The molecule has 2 fully saturated rings. The summed E-state index contributed by atoms with van der Waals surface area (Å²) in [5.74, 6) is 0.152. The van der Waals surface area contributed by atoms with Crippen LogP contribution in [0.25, 0.3) is 0 Å². The standard InChI is InChI=1S/C15H24N4O.ClH/c1-12-13(11-18(2)17-12)14(20)19-9-5-15(6-10-19)3-7-16-8-4-15;/h11,16H,3-10H2,1-2H3;1H. The molecule has 0 aromatic carbocycles. The van der Waals surface area contributed by atoms with E-state index in [2.05, 4.69) is 10.4 Å². The Bertz CT molecular complexity index is 498. The Morgan fingerprint density at radius 2 is 1.86 bits per heavy atom. The molecule has 1 aromatic heterocycles. The normalized spacial score (nSPS) is 21.1. The van der Waals surface area contributed by atoms with Gasteiger partial charge in [0, 0.05) is 26.3 Å². The van der Waals surface area contributed by atoms with Crippen molar-refractivity contribution in [3.05, 3.63) is 17.5 Å². The topological polar surface area (TPSA) is 50.2 Å². The fourth-order valence-corrected chi connectivity index (χ4v) is 3.62. The van der Waals surface area contributed by atoms with Gasteiger partial charge in [0.05, 0.1) is 11.3 Å². The zero-order chi connectivity index (χ0) is 14.2. The van der Waals surface area contributed by atoms with Crippen LogP contribution in [-0.2, 0) is 7.05 Å². The highest BCUT2D eigenvalue weighted by Gasteiger charge is 2.37. The third-order valence-corrected chi connectivity index (χ3v) is 5.02. The highest BCUT2D eigenvalue weighted by atomic mass is 35.5. The predicted octanol–water partition coefficient (Wildman–Crippen LogP) is 1.76. The molecule has 2 saturated heterocycles. The second kappa shape index (κ2) is 6.36. The first-order valence-electron chi connectivity index (χ1n) is 7.60. The highest BCUT2D eigenvalue weighted by Crippen LogP contribution is 2.39. The lowest BCUT2D eigenvalue weighted by Gasteiger charge is -2.44. The van der Waals surface area contributed by atoms with Crippen molar-refractivity contribution in [1.29, 1.82) is 0 Å². The first-order valence-corrected chi connectivity index (χ1v) is 7.60. The number of carbonyl (C=O) groups excluding carboxylic acids is 1. The minimum Gasteiger partial charge on any atom is -0.339 e. The van der Waals surface area contributed by atoms with Gasteiger partial charge < -0.3 is 10.2 Å². The molecule has 0 atom stereocenters. The molecule has 3 heterocycles. The maximum absolute atomic E-state index is 12.6. The molecule has 2 aliphatic heterocycles. The molecule has 6 heteroatoms. The summed E-state index contributed by atoms with van der Waals surface area (Å²) < 4.78 is 1.72. The third-order valence-electron chi connectivity index (χ3n) is 5.02. The van der Waals surface area contributed by atoms with Crippen LogP contribution >= 0.6 is 12.4 Å². The Morgan fingerprint density at radius 3 is 2.38 bits per heavy atom. The van der Waals surface area contributed by atoms with E-state index in [-0.39, 0.29) is 18.3 Å². The molecule has 0 aliphatic carbocycles. The number of nitrogens with one attached hydrogen (secondary N) is 1. The van der Waals surface area contributed by atoms with Gasteiger partial charge >= 0.3 is 0 Å². The summed E-state index contributed by atoms with van der Waals surface area (Å²) in [7, 11) is 1.87. The van der Waals surface area contributed by atoms with Gasteiger partial charge in [-0.05, 0) is 51.1 Å². The highest BCUT2D eigenvalue weighted by molar-refractivity contribution is 5.95. The molecule has 118 valence electrons. The molecule has 21 heavy (non-hydrogen) atoms. The van der Waals surface area contributed by atoms with Crippen LogP contribution in [0.5, 0.6) is 0 Å². The molecule has 1 amide bonds. The number of nitrogens with zero attached hydrogens (tertiary/aromatic N) is 3. The molecule has 0 radical (unpaired) electrons. The second-order valence-electron chi connectivity index (χ2n) is 6.34. The summed E-state index contributed by atoms with van der Waals surface area (Å²) in [6, 6.07) is 0. The Hall–Kier alpha value is -1.07. The van der Waals surface area contributed by atoms with Crippen LogP contribution in [0.4, 0.5) is 0 Å². The van der Waals surface area contributed by atoms with Crippen LogP contribution in [0.15, 0.2) is 6.20 Å². The van der Waals surface area contributed by atoms with Crippen molar-refractivity contribution < 1.29 is 4.79 Å². The Labute approximate surface area is 132 Å². The van der Waals surface area contributed by atoms with E-state index in [1.807, 2.05) is 25.1 Å². The molecular weight excluding hydrogens is 288 g/mol. The van der Waals surface area contributed by atoms with Crippen molar-refractivity contribution in [2.24, 2.45) is 12.5 Å². The van der Waals surface area contributed by atoms with Gasteiger partial charge in [0.1, 0.15) is 0 Å². The molecule has 1 spiro atoms. The fraction of sp³-hybridized carbons (Fsp3) is 0.733. The van der Waals surface area contributed by atoms with E-state index in [1.54, 1.807) is 4.68 Å². The summed E-state index contributed by atoms with van der Waals surface area (Å²) >= 11 is 0. The molecule has 0 bridgehead atoms. The van der Waals surface area contributed by atoms with Gasteiger partial charge in [-0.25, -0.2) is 0 Å².